The second-order valence-corrected chi connectivity index (χ2v) is 11.5. The maximum absolute atomic E-state index is 14.0. The van der Waals surface area contributed by atoms with Gasteiger partial charge < -0.3 is 26.2 Å². The number of carbonyl (C=O) groups is 5. The van der Waals surface area contributed by atoms with Gasteiger partial charge in [-0.1, -0.05) is 63.2 Å². The van der Waals surface area contributed by atoms with E-state index in [1.165, 1.54) is 27.1 Å². The number of amides is 4. The Kier molecular flexibility index (Phi) is 9.10. The molecule has 1 aliphatic heterocycles. The van der Waals surface area contributed by atoms with Gasteiger partial charge >= 0.3 is 5.97 Å². The summed E-state index contributed by atoms with van der Waals surface area (Å²) in [5.41, 5.74) is 10.9. The van der Waals surface area contributed by atoms with E-state index in [1.807, 2.05) is 6.07 Å². The number of aliphatic carboxylic acids is 1. The minimum absolute atomic E-state index is 0.0299. The molecule has 5 N–H and O–H groups in total. The molecule has 0 radical (unpaired) electrons. The molecular weight excluding hydrogens is 564 g/mol. The monoisotopic (exact) mass is 602 g/mol. The number of rotatable bonds is 12. The summed E-state index contributed by atoms with van der Waals surface area (Å²) in [4.78, 5) is 69.6. The number of likely N-dealkylation sites (N-methyl/N-ethyl adjacent to an activating group) is 1. The highest BCUT2D eigenvalue weighted by Gasteiger charge is 2.60. The first-order chi connectivity index (χ1) is 20.8. The molecule has 0 aromatic heterocycles. The zero-order valence-corrected chi connectivity index (χ0v) is 25.4. The molecule has 232 valence electrons. The van der Waals surface area contributed by atoms with E-state index in [2.05, 4.69) is 0 Å². The molecule has 0 saturated carbocycles. The average molecular weight is 603 g/mol. The Morgan fingerprint density at radius 1 is 1.00 bits per heavy atom. The van der Waals surface area contributed by atoms with Crippen LogP contribution in [0.15, 0.2) is 60.7 Å². The first-order valence-electron chi connectivity index (χ1n) is 14.4. The van der Waals surface area contributed by atoms with E-state index in [4.69, 9.17) is 16.2 Å². The summed E-state index contributed by atoms with van der Waals surface area (Å²) in [7, 11) is 2.87. The fourth-order valence-corrected chi connectivity index (χ4v) is 6.53. The fourth-order valence-electron chi connectivity index (χ4n) is 6.53. The van der Waals surface area contributed by atoms with E-state index in [-0.39, 0.29) is 24.0 Å². The summed E-state index contributed by atoms with van der Waals surface area (Å²) in [6.07, 6.45) is -0.113. The second kappa shape index (κ2) is 12.5. The van der Waals surface area contributed by atoms with E-state index in [9.17, 15) is 29.1 Å². The van der Waals surface area contributed by atoms with E-state index in [0.29, 0.717) is 16.5 Å². The molecule has 1 aliphatic rings. The topological polar surface area (TPSA) is 173 Å². The van der Waals surface area contributed by atoms with Crippen molar-refractivity contribution in [1.82, 2.24) is 9.80 Å². The molecule has 3 aromatic rings. The Hall–Kier alpha value is -4.77. The fraction of sp³-hybridized carbons (Fsp3) is 0.364. The van der Waals surface area contributed by atoms with Crippen molar-refractivity contribution in [3.63, 3.8) is 0 Å². The van der Waals surface area contributed by atoms with Crippen molar-refractivity contribution in [2.75, 3.05) is 14.2 Å². The van der Waals surface area contributed by atoms with Crippen molar-refractivity contribution in [3.05, 3.63) is 77.4 Å². The number of hydrogen-bond donors (Lipinski definition) is 3. The maximum Gasteiger partial charge on any atom is 0.330 e. The number of fused-ring (bicyclic) bond motifs is 2. The third kappa shape index (κ3) is 5.28. The normalized spacial score (nSPS) is 16.3. The van der Waals surface area contributed by atoms with Crippen LogP contribution in [0.4, 0.5) is 0 Å². The summed E-state index contributed by atoms with van der Waals surface area (Å²) in [6, 6.07) is 14.7. The van der Waals surface area contributed by atoms with Crippen LogP contribution in [0.5, 0.6) is 5.75 Å². The van der Waals surface area contributed by atoms with Crippen LogP contribution in [0.3, 0.4) is 0 Å². The Bertz CT molecular complexity index is 1620. The summed E-state index contributed by atoms with van der Waals surface area (Å²) < 4.78 is 5.43. The molecule has 0 aliphatic carbocycles. The predicted molar refractivity (Wildman–Crippen MR) is 164 cm³/mol. The van der Waals surface area contributed by atoms with Gasteiger partial charge in [-0.2, -0.15) is 0 Å². The van der Waals surface area contributed by atoms with Gasteiger partial charge in [-0.3, -0.25) is 24.1 Å². The maximum atomic E-state index is 14.0. The first kappa shape index (κ1) is 32.2. The van der Waals surface area contributed by atoms with Crippen molar-refractivity contribution < 1.29 is 33.8 Å². The van der Waals surface area contributed by atoms with Crippen molar-refractivity contribution in [2.24, 2.45) is 23.3 Å². The quantitative estimate of drug-likeness (QED) is 0.265. The molecule has 0 fully saturated rings. The van der Waals surface area contributed by atoms with E-state index in [0.717, 1.165) is 15.4 Å². The Morgan fingerprint density at radius 3 is 2.14 bits per heavy atom. The molecule has 1 heterocycles. The second-order valence-electron chi connectivity index (χ2n) is 11.5. The van der Waals surface area contributed by atoms with Gasteiger partial charge in [0, 0.05) is 24.8 Å². The minimum Gasteiger partial charge on any atom is -0.496 e. The third-order valence-corrected chi connectivity index (χ3v) is 8.73. The lowest BCUT2D eigenvalue weighted by Gasteiger charge is -2.46. The Balaban J connectivity index is 1.78. The van der Waals surface area contributed by atoms with Gasteiger partial charge in [0.1, 0.15) is 11.8 Å². The molecule has 0 saturated heterocycles. The van der Waals surface area contributed by atoms with Crippen LogP contribution in [0.2, 0.25) is 0 Å². The van der Waals surface area contributed by atoms with E-state index in [1.54, 1.807) is 62.4 Å². The molecule has 4 rings (SSSR count). The van der Waals surface area contributed by atoms with Crippen LogP contribution in [0.25, 0.3) is 10.8 Å². The number of ether oxygens (including phenoxy) is 1. The molecule has 1 unspecified atom stereocenters. The minimum atomic E-state index is -2.20. The van der Waals surface area contributed by atoms with Crippen LogP contribution in [0.1, 0.15) is 53.5 Å². The van der Waals surface area contributed by atoms with Crippen LogP contribution in [-0.4, -0.2) is 76.3 Å². The zero-order valence-electron chi connectivity index (χ0n) is 25.4. The SMILES string of the molecule is CC[C@](C(=O)O)(C(C(C)C)[C@H](N)C(=O)N(C)[C@@H](Cc1ccccc1)C(N)=O)N1C(=O)c2cc3cccc(OC)c3cc2C1=O. The number of hydrogen-bond acceptors (Lipinski definition) is 7. The first-order valence-corrected chi connectivity index (χ1v) is 14.4. The highest BCUT2D eigenvalue weighted by atomic mass is 16.5. The molecule has 4 atom stereocenters. The lowest BCUT2D eigenvalue weighted by molar-refractivity contribution is -0.157. The zero-order chi connectivity index (χ0) is 32.5. The Labute approximate surface area is 255 Å². The van der Waals surface area contributed by atoms with Gasteiger partial charge in [-0.25, -0.2) is 4.79 Å². The average Bonchev–Trinajstić information content (AvgIpc) is 3.24. The summed E-state index contributed by atoms with van der Waals surface area (Å²) in [5.74, 6) is -5.93. The molecule has 3 aromatic carbocycles. The van der Waals surface area contributed by atoms with Crippen molar-refractivity contribution in [2.45, 2.75) is 51.2 Å². The number of nitrogens with two attached hydrogens (primary N) is 2. The smallest absolute Gasteiger partial charge is 0.330 e. The number of primary amides is 1. The van der Waals surface area contributed by atoms with Crippen LogP contribution >= 0.6 is 0 Å². The molecule has 4 amide bonds. The molecule has 44 heavy (non-hydrogen) atoms. The number of carboxylic acid groups (broad SMARTS) is 1. The van der Waals surface area contributed by atoms with Gasteiger partial charge in [0.05, 0.1) is 24.3 Å². The highest BCUT2D eigenvalue weighted by molar-refractivity contribution is 6.25. The van der Waals surface area contributed by atoms with Gasteiger partial charge in [0.25, 0.3) is 11.8 Å². The van der Waals surface area contributed by atoms with Crippen LogP contribution < -0.4 is 16.2 Å². The van der Waals surface area contributed by atoms with Gasteiger partial charge in [0.15, 0.2) is 5.54 Å². The van der Waals surface area contributed by atoms with Gasteiger partial charge in [-0.15, -0.1) is 0 Å². The lowest BCUT2D eigenvalue weighted by atomic mass is 9.69. The number of methoxy groups -OCH3 is 1. The Morgan fingerprint density at radius 2 is 1.61 bits per heavy atom. The summed E-state index contributed by atoms with van der Waals surface area (Å²) in [5, 5.41) is 12.0. The predicted octanol–water partition coefficient (Wildman–Crippen LogP) is 2.83. The van der Waals surface area contributed by atoms with Crippen LogP contribution in [-0.2, 0) is 20.8 Å². The number of benzene rings is 3. The van der Waals surface area contributed by atoms with Gasteiger partial charge in [-0.05, 0) is 41.5 Å². The molecule has 11 nitrogen and oxygen atoms in total. The number of carboxylic acids is 1. The van der Waals surface area contributed by atoms with Crippen molar-refractivity contribution in [1.29, 1.82) is 0 Å². The van der Waals surface area contributed by atoms with E-state index < -0.39 is 59.1 Å². The standard InChI is InChI=1S/C33H38N4O7/c1-6-33(32(42)43,37-29(39)22-16-20-13-10-14-25(44-5)21(20)17-23(22)30(37)40)26(18(2)3)27(34)31(41)36(4)24(28(35)38)15-19-11-8-7-9-12-19/h7-14,16-18,24,26-27H,6,15,34H2,1-5H3,(H2,35,38)(H,42,43)/t24-,26?,27-,33+/m0/s1. The number of carbonyl (C=O) groups excluding carboxylic acids is 4. The van der Waals surface area contributed by atoms with E-state index >= 15 is 0 Å². The number of imide groups is 1. The summed E-state index contributed by atoms with van der Waals surface area (Å²) >= 11 is 0. The molecular formula is C33H38N4O7. The molecule has 0 spiro atoms. The van der Waals surface area contributed by atoms with Crippen molar-refractivity contribution >= 4 is 40.4 Å². The summed E-state index contributed by atoms with van der Waals surface area (Å²) in [6.45, 7) is 4.89. The van der Waals surface area contributed by atoms with Crippen LogP contribution in [0, 0.1) is 11.8 Å². The molecule has 0 bridgehead atoms. The highest BCUT2D eigenvalue weighted by Crippen LogP contribution is 2.43. The van der Waals surface area contributed by atoms with Gasteiger partial charge in [0.2, 0.25) is 11.8 Å². The number of nitrogens with zero attached hydrogens (tertiary/aromatic N) is 2. The van der Waals surface area contributed by atoms with Crippen molar-refractivity contribution in [3.8, 4) is 5.75 Å². The largest absolute Gasteiger partial charge is 0.496 e. The lowest BCUT2D eigenvalue weighted by Crippen LogP contribution is -2.68. The molecule has 11 heteroatoms. The third-order valence-electron chi connectivity index (χ3n) is 8.73.